The molecule has 0 bridgehead atoms. The van der Waals surface area contributed by atoms with Crippen molar-refractivity contribution in [1.29, 1.82) is 0 Å². The van der Waals surface area contributed by atoms with Gasteiger partial charge >= 0.3 is 6.03 Å². The number of hydrogen-bond acceptors (Lipinski definition) is 5. The maximum Gasteiger partial charge on any atom is 0.326 e. The number of rotatable bonds is 4. The Bertz CT molecular complexity index is 1210. The van der Waals surface area contributed by atoms with Crippen molar-refractivity contribution in [3.8, 4) is 0 Å². The highest BCUT2D eigenvalue weighted by Crippen LogP contribution is 2.33. The number of piperazine rings is 1. The number of nitrogens with one attached hydrogen (secondary N) is 1. The van der Waals surface area contributed by atoms with Crippen LogP contribution < -0.4 is 5.32 Å². The molecule has 3 amide bonds. The molecule has 33 heavy (non-hydrogen) atoms. The fourth-order valence-corrected chi connectivity index (χ4v) is 6.37. The highest BCUT2D eigenvalue weighted by molar-refractivity contribution is 7.89. The van der Waals surface area contributed by atoms with E-state index in [0.29, 0.717) is 25.9 Å². The van der Waals surface area contributed by atoms with Crippen molar-refractivity contribution in [2.24, 2.45) is 0 Å². The van der Waals surface area contributed by atoms with Gasteiger partial charge in [-0.1, -0.05) is 30.3 Å². The van der Waals surface area contributed by atoms with Gasteiger partial charge in [0, 0.05) is 32.6 Å². The fourth-order valence-electron chi connectivity index (χ4n) is 4.92. The van der Waals surface area contributed by atoms with Gasteiger partial charge in [-0.2, -0.15) is 4.31 Å². The van der Waals surface area contributed by atoms with Crippen LogP contribution in [-0.2, 0) is 27.7 Å². The lowest BCUT2D eigenvalue weighted by molar-refractivity contribution is -0.133. The summed E-state index contributed by atoms with van der Waals surface area (Å²) in [5.74, 6) is -0.829. The van der Waals surface area contributed by atoms with E-state index < -0.39 is 27.4 Å². The quantitative estimate of drug-likeness (QED) is 0.683. The molecular formula is C23H25FN4O4S. The molecule has 2 aromatic carbocycles. The number of fused-ring (bicyclic) bond motifs is 1. The van der Waals surface area contributed by atoms with E-state index in [1.165, 1.54) is 33.0 Å². The van der Waals surface area contributed by atoms with Crippen molar-refractivity contribution in [2.75, 3.05) is 32.8 Å². The molecule has 2 aromatic rings. The number of nitrogens with zero attached hydrogens (tertiary/aromatic N) is 3. The van der Waals surface area contributed by atoms with Gasteiger partial charge < -0.3 is 5.32 Å². The number of halogens is 1. The number of urea groups is 1. The summed E-state index contributed by atoms with van der Waals surface area (Å²) in [6, 6.07) is 12.5. The summed E-state index contributed by atoms with van der Waals surface area (Å²) >= 11 is 0. The molecule has 8 nitrogen and oxygen atoms in total. The van der Waals surface area contributed by atoms with Gasteiger partial charge in [0.05, 0.1) is 11.6 Å². The molecule has 2 saturated heterocycles. The van der Waals surface area contributed by atoms with E-state index in [0.717, 1.165) is 18.1 Å². The minimum absolute atomic E-state index is 0.0791. The molecule has 1 unspecified atom stereocenters. The Balaban J connectivity index is 1.23. The predicted octanol–water partition coefficient (Wildman–Crippen LogP) is 1.57. The predicted molar refractivity (Wildman–Crippen MR) is 118 cm³/mol. The average molecular weight is 473 g/mol. The van der Waals surface area contributed by atoms with E-state index in [1.54, 1.807) is 0 Å². The third kappa shape index (κ3) is 3.92. The van der Waals surface area contributed by atoms with Gasteiger partial charge in [0.1, 0.15) is 11.4 Å². The van der Waals surface area contributed by atoms with Crippen molar-refractivity contribution in [3.63, 3.8) is 0 Å². The summed E-state index contributed by atoms with van der Waals surface area (Å²) in [6.07, 6.45) is 1.77. The van der Waals surface area contributed by atoms with Gasteiger partial charge in [-0.25, -0.2) is 22.5 Å². The number of amides is 3. The first kappa shape index (κ1) is 22.0. The van der Waals surface area contributed by atoms with E-state index in [2.05, 4.69) is 11.4 Å². The second-order valence-corrected chi connectivity index (χ2v) is 10.7. The van der Waals surface area contributed by atoms with E-state index in [-0.39, 0.29) is 30.6 Å². The first-order chi connectivity index (χ1) is 15.8. The number of carbonyl (C=O) groups is 2. The summed E-state index contributed by atoms with van der Waals surface area (Å²) in [6.45, 7) is 1.23. The Hall–Kier alpha value is -2.82. The van der Waals surface area contributed by atoms with Crippen LogP contribution in [0.3, 0.4) is 0 Å². The molecule has 0 saturated carbocycles. The highest BCUT2D eigenvalue weighted by Gasteiger charge is 2.52. The molecule has 1 N–H and O–H groups in total. The van der Waals surface area contributed by atoms with Crippen molar-refractivity contribution >= 4 is 22.0 Å². The SMILES string of the molecule is O=C1NC2(CCc3ccccc3C2)C(=O)N1CN1CCN(S(=O)(=O)c2cccc(F)c2)CC1. The van der Waals surface area contributed by atoms with Gasteiger partial charge in [-0.15, -0.1) is 0 Å². The van der Waals surface area contributed by atoms with Crippen LogP contribution in [0.25, 0.3) is 0 Å². The van der Waals surface area contributed by atoms with E-state index in [9.17, 15) is 22.4 Å². The number of sulfonamides is 1. The Morgan fingerprint density at radius 1 is 0.970 bits per heavy atom. The molecule has 3 aliphatic rings. The first-order valence-corrected chi connectivity index (χ1v) is 12.4. The van der Waals surface area contributed by atoms with Crippen molar-refractivity contribution < 1.29 is 22.4 Å². The molecule has 1 spiro atoms. The van der Waals surface area contributed by atoms with Crippen molar-refractivity contribution in [2.45, 2.75) is 29.7 Å². The summed E-state index contributed by atoms with van der Waals surface area (Å²) in [5.41, 5.74) is 1.38. The van der Waals surface area contributed by atoms with E-state index in [1.807, 2.05) is 23.1 Å². The van der Waals surface area contributed by atoms with Gasteiger partial charge in [-0.05, 0) is 42.2 Å². The van der Waals surface area contributed by atoms with Crippen molar-refractivity contribution in [3.05, 3.63) is 65.5 Å². The molecule has 5 rings (SSSR count). The number of carbonyl (C=O) groups excluding carboxylic acids is 2. The van der Waals surface area contributed by atoms with Crippen LogP contribution in [0.15, 0.2) is 53.4 Å². The third-order valence-electron chi connectivity index (χ3n) is 6.78. The molecule has 0 aromatic heterocycles. The topological polar surface area (TPSA) is 90.0 Å². The maximum absolute atomic E-state index is 13.5. The van der Waals surface area contributed by atoms with Gasteiger partial charge in [0.2, 0.25) is 10.0 Å². The molecule has 1 atom stereocenters. The number of benzene rings is 2. The normalized spacial score (nSPS) is 24.2. The fraction of sp³-hybridized carbons (Fsp3) is 0.391. The zero-order valence-electron chi connectivity index (χ0n) is 18.0. The zero-order valence-corrected chi connectivity index (χ0v) is 18.9. The molecular weight excluding hydrogens is 447 g/mol. The summed E-state index contributed by atoms with van der Waals surface area (Å²) in [5, 5.41) is 2.93. The summed E-state index contributed by atoms with van der Waals surface area (Å²) < 4.78 is 40.4. The maximum atomic E-state index is 13.5. The molecule has 2 aliphatic heterocycles. The Morgan fingerprint density at radius 2 is 1.70 bits per heavy atom. The Morgan fingerprint density at radius 3 is 2.42 bits per heavy atom. The standard InChI is InChI=1S/C23H25FN4O4S/c24-19-6-3-7-20(14-19)33(31,32)27-12-10-26(11-13-27)16-28-21(29)23(25-22(28)30)9-8-17-4-1-2-5-18(17)15-23/h1-7,14H,8-13,15-16H2,(H,25,30). The van der Waals surface area contributed by atoms with Crippen LogP contribution >= 0.6 is 0 Å². The number of hydrogen-bond donors (Lipinski definition) is 1. The second-order valence-electron chi connectivity index (χ2n) is 8.81. The van der Waals surface area contributed by atoms with Crippen LogP contribution in [0.4, 0.5) is 9.18 Å². The van der Waals surface area contributed by atoms with Crippen molar-refractivity contribution in [1.82, 2.24) is 19.4 Å². The molecule has 174 valence electrons. The van der Waals surface area contributed by atoms with Gasteiger partial charge in [-0.3, -0.25) is 9.69 Å². The van der Waals surface area contributed by atoms with Crippen LogP contribution in [0.1, 0.15) is 17.5 Å². The van der Waals surface area contributed by atoms with Crippen LogP contribution in [-0.4, -0.2) is 72.8 Å². The molecule has 2 heterocycles. The lowest BCUT2D eigenvalue weighted by Crippen LogP contribution is -2.54. The highest BCUT2D eigenvalue weighted by atomic mass is 32.2. The molecule has 10 heteroatoms. The minimum Gasteiger partial charge on any atom is -0.323 e. The molecule has 2 fully saturated rings. The smallest absolute Gasteiger partial charge is 0.323 e. The third-order valence-corrected chi connectivity index (χ3v) is 8.68. The van der Waals surface area contributed by atoms with Crippen LogP contribution in [0.5, 0.6) is 0 Å². The minimum atomic E-state index is -3.80. The molecule has 0 radical (unpaired) electrons. The lowest BCUT2D eigenvalue weighted by Gasteiger charge is -2.36. The van der Waals surface area contributed by atoms with Crippen LogP contribution in [0.2, 0.25) is 0 Å². The second kappa shape index (κ2) is 8.19. The number of imide groups is 1. The largest absolute Gasteiger partial charge is 0.326 e. The van der Waals surface area contributed by atoms with E-state index >= 15 is 0 Å². The monoisotopic (exact) mass is 472 g/mol. The number of aryl methyl sites for hydroxylation is 1. The van der Waals surface area contributed by atoms with Crippen LogP contribution in [0, 0.1) is 5.82 Å². The Labute approximate surface area is 192 Å². The summed E-state index contributed by atoms with van der Waals surface area (Å²) in [4.78, 5) is 29.1. The average Bonchev–Trinajstić information content (AvgIpc) is 3.03. The lowest BCUT2D eigenvalue weighted by atomic mass is 9.78. The van der Waals surface area contributed by atoms with Gasteiger partial charge in [0.25, 0.3) is 5.91 Å². The molecule has 1 aliphatic carbocycles. The zero-order chi connectivity index (χ0) is 23.2. The Kier molecular flexibility index (Phi) is 5.46. The summed E-state index contributed by atoms with van der Waals surface area (Å²) in [7, 11) is -3.80. The first-order valence-electron chi connectivity index (χ1n) is 11.0. The van der Waals surface area contributed by atoms with E-state index in [4.69, 9.17) is 0 Å². The van der Waals surface area contributed by atoms with Gasteiger partial charge in [0.15, 0.2) is 0 Å².